The molecule has 0 spiro atoms. The molecular formula is C12H15BrO3. The molecule has 0 amide bonds. The van der Waals surface area contributed by atoms with Crippen LogP contribution in [0.25, 0.3) is 0 Å². The Bertz CT molecular complexity index is 402. The second-order valence-corrected chi connectivity index (χ2v) is 4.61. The van der Waals surface area contributed by atoms with E-state index in [4.69, 9.17) is 4.74 Å². The Hall–Kier alpha value is -1.03. The highest BCUT2D eigenvalue weighted by molar-refractivity contribution is 9.10. The minimum absolute atomic E-state index is 0.0239. The number of carbonyl (C=O) groups is 1. The van der Waals surface area contributed by atoms with Gasteiger partial charge in [-0.3, -0.25) is 0 Å². The van der Waals surface area contributed by atoms with Crippen LogP contribution < -0.4 is 4.74 Å². The number of halogens is 1. The predicted octanol–water partition coefficient (Wildman–Crippen LogP) is 3.16. The standard InChI is InChI=1S/C12H15BrO3/c1-7(4-5-14)11-8(2)9(13)6-10(15)12(11)16-3/h5-7,15H,4H2,1-3H3. The van der Waals surface area contributed by atoms with E-state index in [2.05, 4.69) is 15.9 Å². The molecule has 88 valence electrons. The largest absolute Gasteiger partial charge is 0.504 e. The fourth-order valence-electron chi connectivity index (χ4n) is 1.80. The summed E-state index contributed by atoms with van der Waals surface area (Å²) in [6, 6.07) is 1.60. The minimum Gasteiger partial charge on any atom is -0.504 e. The number of carbonyl (C=O) groups excluding carboxylic acids is 1. The van der Waals surface area contributed by atoms with Gasteiger partial charge in [0.05, 0.1) is 7.11 Å². The molecule has 1 unspecified atom stereocenters. The van der Waals surface area contributed by atoms with E-state index in [-0.39, 0.29) is 11.7 Å². The number of aromatic hydroxyl groups is 1. The van der Waals surface area contributed by atoms with Crippen LogP contribution in [0.1, 0.15) is 30.4 Å². The molecule has 3 nitrogen and oxygen atoms in total. The molecule has 4 heteroatoms. The Morgan fingerprint density at radius 1 is 1.62 bits per heavy atom. The van der Waals surface area contributed by atoms with Gasteiger partial charge in [0.1, 0.15) is 6.29 Å². The van der Waals surface area contributed by atoms with Crippen molar-refractivity contribution in [1.29, 1.82) is 0 Å². The van der Waals surface area contributed by atoms with Gasteiger partial charge in [0.25, 0.3) is 0 Å². The molecule has 1 rings (SSSR count). The van der Waals surface area contributed by atoms with Gasteiger partial charge >= 0.3 is 0 Å². The quantitative estimate of drug-likeness (QED) is 0.865. The monoisotopic (exact) mass is 286 g/mol. The Balaban J connectivity index is 3.37. The molecule has 0 saturated carbocycles. The molecule has 16 heavy (non-hydrogen) atoms. The van der Waals surface area contributed by atoms with Crippen molar-refractivity contribution in [3.8, 4) is 11.5 Å². The number of hydrogen-bond donors (Lipinski definition) is 1. The summed E-state index contributed by atoms with van der Waals surface area (Å²) in [6.07, 6.45) is 1.29. The number of ether oxygens (including phenoxy) is 1. The van der Waals surface area contributed by atoms with Crippen molar-refractivity contribution in [2.45, 2.75) is 26.2 Å². The summed E-state index contributed by atoms with van der Waals surface area (Å²) in [5.41, 5.74) is 1.87. The third-order valence-electron chi connectivity index (χ3n) is 2.65. The third kappa shape index (κ3) is 2.38. The Labute approximate surface area is 104 Å². The highest BCUT2D eigenvalue weighted by Crippen LogP contribution is 2.41. The summed E-state index contributed by atoms with van der Waals surface area (Å²) >= 11 is 3.38. The number of rotatable bonds is 4. The molecule has 1 atom stereocenters. The van der Waals surface area contributed by atoms with Gasteiger partial charge in [-0.25, -0.2) is 0 Å². The molecule has 0 aromatic heterocycles. The predicted molar refractivity (Wildman–Crippen MR) is 66.2 cm³/mol. The SMILES string of the molecule is COc1c(O)cc(Br)c(C)c1C(C)CC=O. The van der Waals surface area contributed by atoms with Gasteiger partial charge in [0.15, 0.2) is 11.5 Å². The Morgan fingerprint density at radius 2 is 2.25 bits per heavy atom. The Kier molecular flexibility index (Phi) is 4.35. The lowest BCUT2D eigenvalue weighted by Crippen LogP contribution is -2.02. The van der Waals surface area contributed by atoms with Crippen LogP contribution in [0.4, 0.5) is 0 Å². The van der Waals surface area contributed by atoms with Crippen LogP contribution in [0.5, 0.6) is 11.5 Å². The molecule has 1 aromatic carbocycles. The average molecular weight is 287 g/mol. The first kappa shape index (κ1) is 13.0. The number of hydrogen-bond acceptors (Lipinski definition) is 3. The van der Waals surface area contributed by atoms with Gasteiger partial charge in [0.2, 0.25) is 0 Å². The van der Waals surface area contributed by atoms with E-state index >= 15 is 0 Å². The van der Waals surface area contributed by atoms with Gasteiger partial charge in [0, 0.05) is 16.5 Å². The van der Waals surface area contributed by atoms with Gasteiger partial charge in [-0.15, -0.1) is 0 Å². The number of phenols is 1. The van der Waals surface area contributed by atoms with Crippen molar-refractivity contribution in [3.63, 3.8) is 0 Å². The highest BCUT2D eigenvalue weighted by atomic mass is 79.9. The molecule has 0 radical (unpaired) electrons. The molecule has 0 heterocycles. The maximum absolute atomic E-state index is 10.6. The van der Waals surface area contributed by atoms with Crippen LogP contribution in [-0.4, -0.2) is 18.5 Å². The van der Waals surface area contributed by atoms with Gasteiger partial charge < -0.3 is 14.6 Å². The first-order valence-corrected chi connectivity index (χ1v) is 5.81. The van der Waals surface area contributed by atoms with Crippen LogP contribution in [0.2, 0.25) is 0 Å². The summed E-state index contributed by atoms with van der Waals surface area (Å²) in [4.78, 5) is 10.6. The van der Waals surface area contributed by atoms with Gasteiger partial charge in [-0.2, -0.15) is 0 Å². The summed E-state index contributed by atoms with van der Waals surface area (Å²) in [6.45, 7) is 3.87. The van der Waals surface area contributed by atoms with Crippen LogP contribution in [0.3, 0.4) is 0 Å². The molecule has 0 fully saturated rings. The summed E-state index contributed by atoms with van der Waals surface area (Å²) in [7, 11) is 1.51. The molecule has 0 bridgehead atoms. The zero-order chi connectivity index (χ0) is 12.3. The fourth-order valence-corrected chi connectivity index (χ4v) is 2.23. The van der Waals surface area contributed by atoms with E-state index in [1.807, 2.05) is 13.8 Å². The van der Waals surface area contributed by atoms with E-state index in [9.17, 15) is 9.90 Å². The minimum atomic E-state index is 0.0239. The Morgan fingerprint density at radius 3 is 2.75 bits per heavy atom. The first-order valence-electron chi connectivity index (χ1n) is 5.02. The number of aldehydes is 1. The lowest BCUT2D eigenvalue weighted by Gasteiger charge is -2.18. The third-order valence-corrected chi connectivity index (χ3v) is 3.47. The lowest BCUT2D eigenvalue weighted by molar-refractivity contribution is -0.108. The normalized spacial score (nSPS) is 12.2. The van der Waals surface area contributed by atoms with E-state index in [0.717, 1.165) is 21.9 Å². The molecule has 0 aliphatic heterocycles. The highest BCUT2D eigenvalue weighted by Gasteiger charge is 2.19. The van der Waals surface area contributed by atoms with Crippen molar-refractivity contribution in [2.75, 3.05) is 7.11 Å². The van der Waals surface area contributed by atoms with Crippen LogP contribution in [-0.2, 0) is 4.79 Å². The first-order chi connectivity index (χ1) is 7.52. The topological polar surface area (TPSA) is 46.5 Å². The van der Waals surface area contributed by atoms with Crippen LogP contribution in [0.15, 0.2) is 10.5 Å². The van der Waals surface area contributed by atoms with Crippen molar-refractivity contribution in [1.82, 2.24) is 0 Å². The lowest BCUT2D eigenvalue weighted by atomic mass is 9.93. The van der Waals surface area contributed by atoms with E-state index in [1.165, 1.54) is 7.11 Å². The van der Waals surface area contributed by atoms with Gasteiger partial charge in [-0.1, -0.05) is 22.9 Å². The average Bonchev–Trinajstić information content (AvgIpc) is 2.23. The van der Waals surface area contributed by atoms with Crippen molar-refractivity contribution >= 4 is 22.2 Å². The van der Waals surface area contributed by atoms with Gasteiger partial charge in [-0.05, 0) is 24.5 Å². The van der Waals surface area contributed by atoms with E-state index in [0.29, 0.717) is 12.2 Å². The number of methoxy groups -OCH3 is 1. The molecule has 1 aromatic rings. The van der Waals surface area contributed by atoms with Crippen LogP contribution in [0, 0.1) is 6.92 Å². The van der Waals surface area contributed by atoms with Crippen molar-refractivity contribution < 1.29 is 14.6 Å². The van der Waals surface area contributed by atoms with Crippen molar-refractivity contribution in [2.24, 2.45) is 0 Å². The van der Waals surface area contributed by atoms with Crippen LogP contribution >= 0.6 is 15.9 Å². The molecule has 0 aliphatic rings. The zero-order valence-electron chi connectivity index (χ0n) is 9.58. The second kappa shape index (κ2) is 5.34. The molecular weight excluding hydrogens is 272 g/mol. The smallest absolute Gasteiger partial charge is 0.164 e. The number of benzene rings is 1. The fraction of sp³-hybridized carbons (Fsp3) is 0.417. The maximum atomic E-state index is 10.6. The molecule has 0 saturated heterocycles. The maximum Gasteiger partial charge on any atom is 0.164 e. The molecule has 0 aliphatic carbocycles. The number of phenolic OH excluding ortho intramolecular Hbond substituents is 1. The summed E-state index contributed by atoms with van der Waals surface area (Å²) < 4.78 is 6.01. The van der Waals surface area contributed by atoms with E-state index in [1.54, 1.807) is 6.07 Å². The summed E-state index contributed by atoms with van der Waals surface area (Å²) in [5, 5.41) is 9.77. The van der Waals surface area contributed by atoms with E-state index < -0.39 is 0 Å². The molecule has 1 N–H and O–H groups in total. The van der Waals surface area contributed by atoms with Crippen molar-refractivity contribution in [3.05, 3.63) is 21.7 Å². The second-order valence-electron chi connectivity index (χ2n) is 3.75. The zero-order valence-corrected chi connectivity index (χ0v) is 11.2. The summed E-state index contributed by atoms with van der Waals surface area (Å²) in [5.74, 6) is 0.568.